The lowest BCUT2D eigenvalue weighted by Gasteiger charge is -2.10. The van der Waals surface area contributed by atoms with E-state index in [2.05, 4.69) is 5.16 Å². The second-order valence-electron chi connectivity index (χ2n) is 3.89. The standard InChI is InChI=1S/C13H14ClNO4/c1-17-8-11-5-10(15-19-11)7-18-13-9(6-16)3-2-4-12(13)14/h2-5,16H,6-8H2,1H3. The Hall–Kier alpha value is -1.56. The lowest BCUT2D eigenvalue weighted by Crippen LogP contribution is -1.99. The molecule has 102 valence electrons. The van der Waals surface area contributed by atoms with Crippen molar-refractivity contribution in [2.45, 2.75) is 19.8 Å². The van der Waals surface area contributed by atoms with Crippen LogP contribution in [0.3, 0.4) is 0 Å². The molecule has 6 heteroatoms. The summed E-state index contributed by atoms with van der Waals surface area (Å²) >= 11 is 6.03. The van der Waals surface area contributed by atoms with Crippen LogP contribution in [-0.2, 0) is 24.6 Å². The number of aliphatic hydroxyl groups excluding tert-OH is 1. The highest BCUT2D eigenvalue weighted by molar-refractivity contribution is 6.32. The summed E-state index contributed by atoms with van der Waals surface area (Å²) in [5, 5.41) is 13.5. The molecule has 0 radical (unpaired) electrons. The van der Waals surface area contributed by atoms with E-state index >= 15 is 0 Å². The molecule has 1 heterocycles. The lowest BCUT2D eigenvalue weighted by atomic mass is 10.2. The number of halogens is 1. The minimum atomic E-state index is -0.135. The molecule has 2 aromatic rings. The van der Waals surface area contributed by atoms with Crippen LogP contribution in [0.1, 0.15) is 17.0 Å². The predicted molar refractivity (Wildman–Crippen MR) is 68.9 cm³/mol. The van der Waals surface area contributed by atoms with Gasteiger partial charge in [-0.15, -0.1) is 0 Å². The van der Waals surface area contributed by atoms with E-state index in [0.29, 0.717) is 34.4 Å². The van der Waals surface area contributed by atoms with Gasteiger partial charge in [-0.25, -0.2) is 0 Å². The summed E-state index contributed by atoms with van der Waals surface area (Å²) in [6.07, 6.45) is 0. The minimum absolute atomic E-state index is 0.135. The van der Waals surface area contributed by atoms with E-state index in [0.717, 1.165) is 0 Å². The first-order chi connectivity index (χ1) is 9.24. The smallest absolute Gasteiger partial charge is 0.162 e. The van der Waals surface area contributed by atoms with Gasteiger partial charge >= 0.3 is 0 Å². The van der Waals surface area contributed by atoms with Crippen molar-refractivity contribution in [3.8, 4) is 5.75 Å². The Morgan fingerprint density at radius 1 is 1.37 bits per heavy atom. The van der Waals surface area contributed by atoms with Gasteiger partial charge in [0.1, 0.15) is 24.7 Å². The van der Waals surface area contributed by atoms with Crippen LogP contribution in [0, 0.1) is 0 Å². The van der Waals surface area contributed by atoms with E-state index in [1.807, 2.05) is 0 Å². The van der Waals surface area contributed by atoms with Crippen LogP contribution in [0.25, 0.3) is 0 Å². The number of nitrogens with zero attached hydrogens (tertiary/aromatic N) is 1. The SMILES string of the molecule is COCc1cc(COc2c(Cl)cccc2CO)no1. The van der Waals surface area contributed by atoms with Gasteiger partial charge in [-0.2, -0.15) is 0 Å². The Balaban J connectivity index is 2.05. The first-order valence-corrected chi connectivity index (χ1v) is 6.07. The average Bonchev–Trinajstić information content (AvgIpc) is 2.85. The van der Waals surface area contributed by atoms with Gasteiger partial charge in [0, 0.05) is 18.7 Å². The number of para-hydroxylation sites is 1. The molecule has 5 nitrogen and oxygen atoms in total. The van der Waals surface area contributed by atoms with Crippen molar-refractivity contribution >= 4 is 11.6 Å². The summed E-state index contributed by atoms with van der Waals surface area (Å²) in [5.41, 5.74) is 1.27. The molecule has 0 saturated heterocycles. The molecule has 0 bridgehead atoms. The molecule has 0 aliphatic carbocycles. The fraction of sp³-hybridized carbons (Fsp3) is 0.308. The van der Waals surface area contributed by atoms with Crippen LogP contribution < -0.4 is 4.74 Å². The molecule has 0 saturated carbocycles. The van der Waals surface area contributed by atoms with Gasteiger partial charge in [-0.05, 0) is 6.07 Å². The minimum Gasteiger partial charge on any atom is -0.485 e. The van der Waals surface area contributed by atoms with Crippen LogP contribution in [0.5, 0.6) is 5.75 Å². The fourth-order valence-corrected chi connectivity index (χ4v) is 1.87. The Kier molecular flexibility index (Phi) is 4.79. The fourth-order valence-electron chi connectivity index (χ4n) is 1.62. The van der Waals surface area contributed by atoms with E-state index in [1.165, 1.54) is 0 Å². The quantitative estimate of drug-likeness (QED) is 0.882. The van der Waals surface area contributed by atoms with Crippen molar-refractivity contribution in [3.05, 3.63) is 46.3 Å². The molecule has 1 aromatic carbocycles. The summed E-state index contributed by atoms with van der Waals surface area (Å²) in [5.74, 6) is 1.09. The van der Waals surface area contributed by atoms with Crippen molar-refractivity contribution in [2.24, 2.45) is 0 Å². The van der Waals surface area contributed by atoms with Crippen LogP contribution >= 0.6 is 11.6 Å². The van der Waals surface area contributed by atoms with Gasteiger partial charge in [0.05, 0.1) is 11.6 Å². The molecule has 1 aromatic heterocycles. The van der Waals surface area contributed by atoms with Gasteiger partial charge in [-0.1, -0.05) is 28.9 Å². The van der Waals surface area contributed by atoms with Gasteiger partial charge < -0.3 is 19.1 Å². The normalized spacial score (nSPS) is 10.7. The Morgan fingerprint density at radius 2 is 2.21 bits per heavy atom. The molecule has 0 unspecified atom stereocenters. The zero-order valence-corrected chi connectivity index (χ0v) is 11.2. The van der Waals surface area contributed by atoms with Gasteiger partial charge in [0.2, 0.25) is 0 Å². The maximum absolute atomic E-state index is 9.22. The Labute approximate surface area is 115 Å². The number of hydrogen-bond acceptors (Lipinski definition) is 5. The third-order valence-corrected chi connectivity index (χ3v) is 2.78. The summed E-state index contributed by atoms with van der Waals surface area (Å²) in [6.45, 7) is 0.439. The maximum atomic E-state index is 9.22. The summed E-state index contributed by atoms with van der Waals surface area (Å²) in [4.78, 5) is 0. The van der Waals surface area contributed by atoms with Gasteiger partial charge in [0.25, 0.3) is 0 Å². The first kappa shape index (κ1) is 13.9. The monoisotopic (exact) mass is 283 g/mol. The van der Waals surface area contributed by atoms with E-state index in [1.54, 1.807) is 31.4 Å². The molecule has 19 heavy (non-hydrogen) atoms. The van der Waals surface area contributed by atoms with Crippen molar-refractivity contribution < 1.29 is 19.1 Å². The Bertz CT molecular complexity index is 541. The highest BCUT2D eigenvalue weighted by Crippen LogP contribution is 2.29. The van der Waals surface area contributed by atoms with Gasteiger partial charge in [0.15, 0.2) is 5.76 Å². The number of methoxy groups -OCH3 is 1. The predicted octanol–water partition coefficient (Wildman–Crippen LogP) is 2.55. The molecule has 0 fully saturated rings. The average molecular weight is 284 g/mol. The molecule has 0 atom stereocenters. The van der Waals surface area contributed by atoms with E-state index in [4.69, 9.17) is 25.6 Å². The molecule has 0 aliphatic rings. The van der Waals surface area contributed by atoms with Crippen LogP contribution in [0.15, 0.2) is 28.8 Å². The third-order valence-electron chi connectivity index (χ3n) is 2.48. The largest absolute Gasteiger partial charge is 0.485 e. The maximum Gasteiger partial charge on any atom is 0.162 e. The number of rotatable bonds is 6. The van der Waals surface area contributed by atoms with Crippen LogP contribution in [-0.4, -0.2) is 17.4 Å². The number of aromatic nitrogens is 1. The molecule has 1 N–H and O–H groups in total. The molecular weight excluding hydrogens is 270 g/mol. The van der Waals surface area contributed by atoms with Crippen molar-refractivity contribution in [1.82, 2.24) is 5.16 Å². The zero-order valence-electron chi connectivity index (χ0n) is 10.4. The third kappa shape index (κ3) is 3.47. The number of aliphatic hydroxyl groups is 1. The van der Waals surface area contributed by atoms with Crippen molar-refractivity contribution in [3.63, 3.8) is 0 Å². The molecule has 0 aliphatic heterocycles. The summed E-state index contributed by atoms with van der Waals surface area (Å²) < 4.78 is 15.6. The topological polar surface area (TPSA) is 64.7 Å². The molecular formula is C13H14ClNO4. The highest BCUT2D eigenvalue weighted by atomic mass is 35.5. The number of hydrogen-bond donors (Lipinski definition) is 1. The second kappa shape index (κ2) is 6.56. The lowest BCUT2D eigenvalue weighted by molar-refractivity contribution is 0.155. The first-order valence-electron chi connectivity index (χ1n) is 5.69. The van der Waals surface area contributed by atoms with Gasteiger partial charge in [-0.3, -0.25) is 0 Å². The van der Waals surface area contributed by atoms with E-state index in [-0.39, 0.29) is 13.2 Å². The zero-order chi connectivity index (χ0) is 13.7. The molecule has 0 spiro atoms. The second-order valence-corrected chi connectivity index (χ2v) is 4.30. The van der Waals surface area contributed by atoms with Crippen molar-refractivity contribution in [2.75, 3.05) is 7.11 Å². The molecule has 2 rings (SSSR count). The highest BCUT2D eigenvalue weighted by Gasteiger charge is 2.10. The van der Waals surface area contributed by atoms with Crippen LogP contribution in [0.4, 0.5) is 0 Å². The summed E-state index contributed by atoms with van der Waals surface area (Å²) in [6, 6.07) is 6.96. The van der Waals surface area contributed by atoms with Crippen LogP contribution in [0.2, 0.25) is 5.02 Å². The summed E-state index contributed by atoms with van der Waals surface area (Å²) in [7, 11) is 1.58. The Morgan fingerprint density at radius 3 is 2.95 bits per heavy atom. The number of ether oxygens (including phenoxy) is 2. The van der Waals surface area contributed by atoms with Crippen molar-refractivity contribution in [1.29, 1.82) is 0 Å². The number of benzene rings is 1. The van der Waals surface area contributed by atoms with E-state index < -0.39 is 0 Å². The molecule has 0 amide bonds. The van der Waals surface area contributed by atoms with E-state index in [9.17, 15) is 5.11 Å².